The number of hydrogen-bond donors (Lipinski definition) is 3. The number of carboxylic acid groups (broad SMARTS) is 1. The maximum Gasteiger partial charge on any atom is 0.472 e. The van der Waals surface area contributed by atoms with Gasteiger partial charge in [0.2, 0.25) is 0 Å². The Bertz CT molecular complexity index is 906. The van der Waals surface area contributed by atoms with Crippen molar-refractivity contribution in [2.75, 3.05) is 19.8 Å². The molecule has 0 aliphatic rings. The lowest BCUT2D eigenvalue weighted by molar-refractivity contribution is -0.161. The molecule has 12 heteroatoms. The van der Waals surface area contributed by atoms with Crippen molar-refractivity contribution in [2.24, 2.45) is 5.73 Å². The molecule has 52 heavy (non-hydrogen) atoms. The zero-order valence-electron chi connectivity index (χ0n) is 33.2. The number of phosphoric acid groups is 1. The average molecular weight is 764 g/mol. The van der Waals surface area contributed by atoms with Crippen LogP contribution in [0.25, 0.3) is 0 Å². The fourth-order valence-corrected chi connectivity index (χ4v) is 6.79. The first-order chi connectivity index (χ1) is 25.1. The van der Waals surface area contributed by atoms with Gasteiger partial charge in [-0.05, 0) is 12.8 Å². The monoisotopic (exact) mass is 764 g/mol. The van der Waals surface area contributed by atoms with Crippen LogP contribution in [0.1, 0.15) is 206 Å². The van der Waals surface area contributed by atoms with Crippen LogP contribution in [0.3, 0.4) is 0 Å². The van der Waals surface area contributed by atoms with E-state index in [2.05, 4.69) is 18.4 Å². The largest absolute Gasteiger partial charge is 0.480 e. The number of hydrogen-bond acceptors (Lipinski definition) is 9. The molecule has 0 amide bonds. The quantitative estimate of drug-likeness (QED) is 0.0308. The lowest BCUT2D eigenvalue weighted by atomic mass is 10.0. The number of nitrogens with two attached hydrogens (primary N) is 1. The van der Waals surface area contributed by atoms with Crippen molar-refractivity contribution in [3.63, 3.8) is 0 Å². The summed E-state index contributed by atoms with van der Waals surface area (Å²) in [6, 6.07) is -1.52. The maximum atomic E-state index is 12.6. The second-order valence-electron chi connectivity index (χ2n) is 14.5. The molecule has 0 fully saturated rings. The number of carbonyl (C=O) groups is 3. The molecule has 0 aliphatic carbocycles. The second kappa shape index (κ2) is 36.5. The van der Waals surface area contributed by atoms with Crippen LogP contribution in [0.4, 0.5) is 0 Å². The average Bonchev–Trinajstić information content (AvgIpc) is 3.12. The van der Waals surface area contributed by atoms with E-state index in [0.717, 1.165) is 38.5 Å². The number of esters is 2. The summed E-state index contributed by atoms with van der Waals surface area (Å²) in [4.78, 5) is 45.8. The van der Waals surface area contributed by atoms with Gasteiger partial charge in [-0.25, -0.2) is 4.57 Å². The van der Waals surface area contributed by atoms with E-state index < -0.39 is 51.1 Å². The zero-order chi connectivity index (χ0) is 38.5. The topological polar surface area (TPSA) is 172 Å². The molecule has 0 heterocycles. The van der Waals surface area contributed by atoms with Gasteiger partial charge in [0, 0.05) is 12.8 Å². The Morgan fingerprint density at radius 2 is 0.846 bits per heavy atom. The van der Waals surface area contributed by atoms with Crippen molar-refractivity contribution >= 4 is 25.7 Å². The summed E-state index contributed by atoms with van der Waals surface area (Å²) in [7, 11) is -4.70. The molecule has 0 bridgehead atoms. The Balaban J connectivity index is 4.34. The molecule has 0 saturated heterocycles. The minimum Gasteiger partial charge on any atom is -0.480 e. The standard InChI is InChI=1S/C40H78NO10P/c1-3-5-7-9-11-13-15-17-18-20-21-23-25-27-29-31-38(42)48-33-36(34-49-52(46,47)50-35-37(41)40(44)45)51-39(43)32-30-28-26-24-22-19-16-14-12-10-8-6-4-2/h36-37H,3-35,41H2,1-2H3,(H,44,45)(H,46,47). The van der Waals surface area contributed by atoms with Crippen LogP contribution in [0.2, 0.25) is 0 Å². The summed E-state index contributed by atoms with van der Waals surface area (Å²) in [6.45, 7) is 2.82. The van der Waals surface area contributed by atoms with E-state index in [9.17, 15) is 23.8 Å². The molecule has 0 radical (unpaired) electrons. The molecular formula is C40H78NO10P. The molecule has 0 spiro atoms. The highest BCUT2D eigenvalue weighted by Crippen LogP contribution is 2.43. The van der Waals surface area contributed by atoms with Crippen molar-refractivity contribution < 1.29 is 47.5 Å². The fourth-order valence-electron chi connectivity index (χ4n) is 6.01. The number of ether oxygens (including phenoxy) is 2. The first kappa shape index (κ1) is 50.5. The Labute approximate surface area is 316 Å². The lowest BCUT2D eigenvalue weighted by Gasteiger charge is -2.20. The molecule has 3 atom stereocenters. The Morgan fingerprint density at radius 3 is 1.21 bits per heavy atom. The summed E-state index contributed by atoms with van der Waals surface area (Å²) < 4.78 is 32.6. The fraction of sp³-hybridized carbons (Fsp3) is 0.925. The number of phosphoric ester groups is 1. The number of rotatable bonds is 40. The van der Waals surface area contributed by atoms with Gasteiger partial charge in [0.1, 0.15) is 12.6 Å². The van der Waals surface area contributed by atoms with Gasteiger partial charge >= 0.3 is 25.7 Å². The third kappa shape index (κ3) is 35.5. The molecule has 0 rings (SSSR count). The number of unbranched alkanes of at least 4 members (excludes halogenated alkanes) is 26. The number of aliphatic carboxylic acids is 1. The van der Waals surface area contributed by atoms with Gasteiger partial charge < -0.3 is 25.2 Å². The second-order valence-corrected chi connectivity index (χ2v) is 15.9. The summed E-state index contributed by atoms with van der Waals surface area (Å²) in [6.07, 6.45) is 33.0. The highest BCUT2D eigenvalue weighted by Gasteiger charge is 2.28. The van der Waals surface area contributed by atoms with E-state index in [-0.39, 0.29) is 19.4 Å². The molecule has 4 N–H and O–H groups in total. The zero-order valence-corrected chi connectivity index (χ0v) is 34.1. The Morgan fingerprint density at radius 1 is 0.519 bits per heavy atom. The van der Waals surface area contributed by atoms with Crippen LogP contribution < -0.4 is 5.73 Å². The van der Waals surface area contributed by atoms with Crippen LogP contribution in [0.15, 0.2) is 0 Å². The van der Waals surface area contributed by atoms with Crippen LogP contribution in [0.5, 0.6) is 0 Å². The van der Waals surface area contributed by atoms with Crippen molar-refractivity contribution in [1.29, 1.82) is 0 Å². The van der Waals surface area contributed by atoms with Gasteiger partial charge in [-0.2, -0.15) is 0 Å². The first-order valence-corrected chi connectivity index (χ1v) is 22.6. The van der Waals surface area contributed by atoms with Gasteiger partial charge in [-0.3, -0.25) is 23.4 Å². The van der Waals surface area contributed by atoms with E-state index in [1.165, 1.54) is 128 Å². The highest BCUT2D eigenvalue weighted by molar-refractivity contribution is 7.47. The van der Waals surface area contributed by atoms with Crippen LogP contribution in [0, 0.1) is 0 Å². The molecule has 3 unspecified atom stereocenters. The summed E-state index contributed by atoms with van der Waals surface area (Å²) in [5, 5.41) is 8.87. The van der Waals surface area contributed by atoms with Gasteiger partial charge in [0.05, 0.1) is 13.2 Å². The van der Waals surface area contributed by atoms with E-state index in [1.807, 2.05) is 0 Å². The van der Waals surface area contributed by atoms with Gasteiger partial charge in [0.25, 0.3) is 0 Å². The van der Waals surface area contributed by atoms with Crippen LogP contribution in [-0.2, 0) is 37.5 Å². The molecular weight excluding hydrogens is 685 g/mol. The van der Waals surface area contributed by atoms with Crippen molar-refractivity contribution in [3.05, 3.63) is 0 Å². The van der Waals surface area contributed by atoms with Gasteiger partial charge in [-0.1, -0.05) is 181 Å². The molecule has 0 aromatic heterocycles. The molecule has 0 aromatic rings. The van der Waals surface area contributed by atoms with Crippen LogP contribution in [-0.4, -0.2) is 59.9 Å². The predicted molar refractivity (Wildman–Crippen MR) is 208 cm³/mol. The molecule has 11 nitrogen and oxygen atoms in total. The smallest absolute Gasteiger partial charge is 0.472 e. The Kier molecular flexibility index (Phi) is 35.4. The minimum atomic E-state index is -4.70. The van der Waals surface area contributed by atoms with E-state index in [1.54, 1.807) is 0 Å². The minimum absolute atomic E-state index is 0.169. The van der Waals surface area contributed by atoms with E-state index in [0.29, 0.717) is 12.8 Å². The lowest BCUT2D eigenvalue weighted by Crippen LogP contribution is -2.34. The Hall–Kier alpha value is -1.52. The van der Waals surface area contributed by atoms with Gasteiger partial charge in [-0.15, -0.1) is 0 Å². The first-order valence-electron chi connectivity index (χ1n) is 21.1. The normalized spacial score (nSPS) is 13.8. The molecule has 0 aromatic carbocycles. The summed E-state index contributed by atoms with van der Waals surface area (Å²) >= 11 is 0. The third-order valence-corrected chi connectivity index (χ3v) is 10.3. The van der Waals surface area contributed by atoms with Crippen molar-refractivity contribution in [2.45, 2.75) is 219 Å². The predicted octanol–water partition coefficient (Wildman–Crippen LogP) is 10.7. The highest BCUT2D eigenvalue weighted by atomic mass is 31.2. The maximum absolute atomic E-state index is 12.6. The molecule has 0 aliphatic heterocycles. The van der Waals surface area contributed by atoms with E-state index in [4.69, 9.17) is 24.8 Å². The molecule has 308 valence electrons. The number of carboxylic acids is 1. The van der Waals surface area contributed by atoms with Gasteiger partial charge in [0.15, 0.2) is 6.10 Å². The van der Waals surface area contributed by atoms with Crippen molar-refractivity contribution in [1.82, 2.24) is 0 Å². The summed E-state index contributed by atoms with van der Waals surface area (Å²) in [5.41, 5.74) is 5.32. The van der Waals surface area contributed by atoms with Crippen molar-refractivity contribution in [3.8, 4) is 0 Å². The van der Waals surface area contributed by atoms with Crippen LogP contribution >= 0.6 is 7.82 Å². The third-order valence-electron chi connectivity index (χ3n) is 9.36. The summed E-state index contributed by atoms with van der Waals surface area (Å²) in [5.74, 6) is -2.36. The molecule has 0 saturated carbocycles. The van der Waals surface area contributed by atoms with E-state index >= 15 is 0 Å². The SMILES string of the molecule is CCCCCCCCCCCCCCCCCC(=O)OCC(COP(=O)(O)OCC(N)C(=O)O)OC(=O)CCCCCCCCCCCCCCC. The number of carbonyl (C=O) groups excluding carboxylic acids is 2.